The predicted octanol–water partition coefficient (Wildman–Crippen LogP) is 0.979. The van der Waals surface area contributed by atoms with Crippen molar-refractivity contribution in [2.24, 2.45) is 5.41 Å². The van der Waals surface area contributed by atoms with Crippen LogP contribution in [0.1, 0.15) is 26.2 Å². The maximum absolute atomic E-state index is 11.6. The van der Waals surface area contributed by atoms with Crippen LogP contribution in [0.15, 0.2) is 0 Å². The zero-order chi connectivity index (χ0) is 13.0. The van der Waals surface area contributed by atoms with Gasteiger partial charge in [0, 0.05) is 39.5 Å². The average Bonchev–Trinajstić information content (AvgIpc) is 2.54. The van der Waals surface area contributed by atoms with Gasteiger partial charge in [-0.3, -0.25) is 9.69 Å². The molecule has 0 saturated carbocycles. The van der Waals surface area contributed by atoms with Crippen molar-refractivity contribution in [2.75, 3.05) is 39.5 Å². The molecule has 2 heterocycles. The third kappa shape index (κ3) is 3.22. The maximum Gasteiger partial charge on any atom is 0.311 e. The fourth-order valence-electron chi connectivity index (χ4n) is 2.85. The van der Waals surface area contributed by atoms with Crippen molar-refractivity contribution in [3.8, 4) is 0 Å². The molecule has 0 aromatic heterocycles. The van der Waals surface area contributed by atoms with Crippen molar-refractivity contribution < 1.29 is 19.4 Å². The number of ether oxygens (including phenoxy) is 2. The van der Waals surface area contributed by atoms with Crippen LogP contribution in [0.4, 0.5) is 0 Å². The van der Waals surface area contributed by atoms with Gasteiger partial charge in [0.25, 0.3) is 0 Å². The molecule has 104 valence electrons. The summed E-state index contributed by atoms with van der Waals surface area (Å²) < 4.78 is 10.9. The zero-order valence-electron chi connectivity index (χ0n) is 11.1. The number of carboxylic acid groups (broad SMARTS) is 1. The fourth-order valence-corrected chi connectivity index (χ4v) is 2.85. The van der Waals surface area contributed by atoms with E-state index in [1.165, 1.54) is 0 Å². The van der Waals surface area contributed by atoms with Crippen molar-refractivity contribution >= 4 is 5.97 Å². The highest BCUT2D eigenvalue weighted by molar-refractivity contribution is 5.75. The van der Waals surface area contributed by atoms with E-state index >= 15 is 0 Å². The molecule has 1 unspecified atom stereocenters. The Labute approximate surface area is 108 Å². The molecule has 2 aliphatic heterocycles. The number of carbonyl (C=O) groups is 1. The molecule has 0 bridgehead atoms. The van der Waals surface area contributed by atoms with Crippen LogP contribution in [-0.4, -0.2) is 61.5 Å². The molecule has 2 rings (SSSR count). The van der Waals surface area contributed by atoms with Crippen LogP contribution in [0.25, 0.3) is 0 Å². The van der Waals surface area contributed by atoms with Crippen LogP contribution in [0.5, 0.6) is 0 Å². The lowest BCUT2D eigenvalue weighted by Crippen LogP contribution is -2.48. The topological polar surface area (TPSA) is 59.0 Å². The molecule has 5 nitrogen and oxygen atoms in total. The molecule has 0 radical (unpaired) electrons. The van der Waals surface area contributed by atoms with Gasteiger partial charge in [0.1, 0.15) is 0 Å². The van der Waals surface area contributed by atoms with E-state index in [4.69, 9.17) is 9.47 Å². The summed E-state index contributed by atoms with van der Waals surface area (Å²) in [6, 6.07) is 0. The van der Waals surface area contributed by atoms with Gasteiger partial charge in [-0.1, -0.05) is 0 Å². The largest absolute Gasteiger partial charge is 0.481 e. The van der Waals surface area contributed by atoms with Crippen LogP contribution in [0, 0.1) is 5.41 Å². The number of carboxylic acids is 1. The van der Waals surface area contributed by atoms with E-state index in [0.717, 1.165) is 26.1 Å². The Morgan fingerprint density at radius 3 is 2.78 bits per heavy atom. The Balaban J connectivity index is 2.01. The third-order valence-corrected chi connectivity index (χ3v) is 3.97. The quantitative estimate of drug-likeness (QED) is 0.816. The number of hydrogen-bond acceptors (Lipinski definition) is 4. The van der Waals surface area contributed by atoms with E-state index in [1.54, 1.807) is 0 Å². The molecule has 0 aromatic rings. The van der Waals surface area contributed by atoms with Crippen LogP contribution in [0.2, 0.25) is 0 Å². The van der Waals surface area contributed by atoms with Crippen LogP contribution in [0.3, 0.4) is 0 Å². The molecule has 0 aromatic carbocycles. The van der Waals surface area contributed by atoms with Crippen molar-refractivity contribution in [3.05, 3.63) is 0 Å². The van der Waals surface area contributed by atoms with E-state index in [1.807, 2.05) is 0 Å². The smallest absolute Gasteiger partial charge is 0.311 e. The van der Waals surface area contributed by atoms with Crippen molar-refractivity contribution in [2.45, 2.75) is 32.3 Å². The normalized spacial score (nSPS) is 29.7. The zero-order valence-corrected chi connectivity index (χ0v) is 11.1. The van der Waals surface area contributed by atoms with Crippen LogP contribution >= 0.6 is 0 Å². The van der Waals surface area contributed by atoms with E-state index in [0.29, 0.717) is 32.6 Å². The summed E-state index contributed by atoms with van der Waals surface area (Å²) in [4.78, 5) is 13.9. The van der Waals surface area contributed by atoms with Gasteiger partial charge in [0.05, 0.1) is 11.5 Å². The molecule has 0 spiro atoms. The summed E-state index contributed by atoms with van der Waals surface area (Å²) in [6.45, 7) is 6.34. The molecule has 18 heavy (non-hydrogen) atoms. The van der Waals surface area contributed by atoms with E-state index in [9.17, 15) is 9.90 Å². The maximum atomic E-state index is 11.6. The SMILES string of the molecule is CC1CN(CC2(C(=O)O)CCOCC2)CCCO1. The lowest BCUT2D eigenvalue weighted by Gasteiger charge is -2.37. The summed E-state index contributed by atoms with van der Waals surface area (Å²) in [6.07, 6.45) is 2.41. The Kier molecular flexibility index (Phi) is 4.59. The van der Waals surface area contributed by atoms with Gasteiger partial charge in [-0.05, 0) is 26.2 Å². The van der Waals surface area contributed by atoms with Gasteiger partial charge in [-0.25, -0.2) is 0 Å². The molecule has 2 saturated heterocycles. The van der Waals surface area contributed by atoms with E-state index in [2.05, 4.69) is 11.8 Å². The fraction of sp³-hybridized carbons (Fsp3) is 0.923. The van der Waals surface area contributed by atoms with Crippen molar-refractivity contribution in [1.82, 2.24) is 4.90 Å². The minimum Gasteiger partial charge on any atom is -0.481 e. The highest BCUT2D eigenvalue weighted by Crippen LogP contribution is 2.32. The summed E-state index contributed by atoms with van der Waals surface area (Å²) in [5, 5.41) is 9.54. The predicted molar refractivity (Wildman–Crippen MR) is 66.6 cm³/mol. The molecule has 0 amide bonds. The Bertz CT molecular complexity index is 289. The third-order valence-electron chi connectivity index (χ3n) is 3.97. The van der Waals surface area contributed by atoms with Gasteiger partial charge in [-0.15, -0.1) is 0 Å². The lowest BCUT2D eigenvalue weighted by atomic mass is 9.79. The van der Waals surface area contributed by atoms with Crippen molar-refractivity contribution in [3.63, 3.8) is 0 Å². The summed E-state index contributed by atoms with van der Waals surface area (Å²) >= 11 is 0. The first-order valence-electron chi connectivity index (χ1n) is 6.77. The molecule has 5 heteroatoms. The second kappa shape index (κ2) is 5.99. The first kappa shape index (κ1) is 13.8. The average molecular weight is 257 g/mol. The molecule has 1 N–H and O–H groups in total. The molecule has 2 aliphatic rings. The summed E-state index contributed by atoms with van der Waals surface area (Å²) in [5.41, 5.74) is -0.623. The molecular formula is C13H23NO4. The standard InChI is InChI=1S/C13H23NO4/c1-11-9-14(5-2-6-18-11)10-13(12(15)16)3-7-17-8-4-13/h11H,2-10H2,1H3,(H,15,16). The molecule has 1 atom stereocenters. The van der Waals surface area contributed by atoms with Gasteiger partial charge >= 0.3 is 5.97 Å². The van der Waals surface area contributed by atoms with Crippen LogP contribution < -0.4 is 0 Å². The number of rotatable bonds is 3. The Morgan fingerprint density at radius 1 is 1.39 bits per heavy atom. The van der Waals surface area contributed by atoms with Crippen molar-refractivity contribution in [1.29, 1.82) is 0 Å². The first-order chi connectivity index (χ1) is 8.62. The molecule has 0 aliphatic carbocycles. The second-order valence-electron chi connectivity index (χ2n) is 5.47. The van der Waals surface area contributed by atoms with Gasteiger partial charge in [-0.2, -0.15) is 0 Å². The summed E-state index contributed by atoms with van der Waals surface area (Å²) in [5.74, 6) is -0.677. The number of hydrogen-bond donors (Lipinski definition) is 1. The van der Waals surface area contributed by atoms with E-state index in [-0.39, 0.29) is 6.10 Å². The minimum absolute atomic E-state index is 0.193. The monoisotopic (exact) mass is 257 g/mol. The molecule has 2 fully saturated rings. The van der Waals surface area contributed by atoms with Gasteiger partial charge in [0.15, 0.2) is 0 Å². The Hall–Kier alpha value is -0.650. The highest BCUT2D eigenvalue weighted by atomic mass is 16.5. The molecular weight excluding hydrogens is 234 g/mol. The number of nitrogens with zero attached hydrogens (tertiary/aromatic N) is 1. The Morgan fingerprint density at radius 2 is 2.11 bits per heavy atom. The van der Waals surface area contributed by atoms with Gasteiger partial charge < -0.3 is 14.6 Å². The first-order valence-corrected chi connectivity index (χ1v) is 6.77. The lowest BCUT2D eigenvalue weighted by molar-refractivity contribution is -0.156. The van der Waals surface area contributed by atoms with Gasteiger partial charge in [0.2, 0.25) is 0 Å². The summed E-state index contributed by atoms with van der Waals surface area (Å²) in [7, 11) is 0. The second-order valence-corrected chi connectivity index (χ2v) is 5.47. The van der Waals surface area contributed by atoms with Crippen LogP contribution in [-0.2, 0) is 14.3 Å². The number of aliphatic carboxylic acids is 1. The van der Waals surface area contributed by atoms with E-state index < -0.39 is 11.4 Å². The minimum atomic E-state index is -0.677. The highest BCUT2D eigenvalue weighted by Gasteiger charge is 2.41.